The summed E-state index contributed by atoms with van der Waals surface area (Å²) in [6.45, 7) is 1.19. The number of hydrogen-bond donors (Lipinski definition) is 3. The van der Waals surface area contributed by atoms with Gasteiger partial charge in [0.1, 0.15) is 0 Å². The van der Waals surface area contributed by atoms with Gasteiger partial charge in [-0.2, -0.15) is 13.2 Å². The Balaban J connectivity index is 1.86. The summed E-state index contributed by atoms with van der Waals surface area (Å²) in [6, 6.07) is 2.38. The maximum absolute atomic E-state index is 13.6. The molecule has 9 heteroatoms. The quantitative estimate of drug-likeness (QED) is 0.689. The third kappa shape index (κ3) is 3.92. The van der Waals surface area contributed by atoms with Gasteiger partial charge in [-0.3, -0.25) is 4.79 Å². The van der Waals surface area contributed by atoms with Gasteiger partial charge in [0, 0.05) is 36.5 Å². The third-order valence-electron chi connectivity index (χ3n) is 5.06. The van der Waals surface area contributed by atoms with E-state index < -0.39 is 47.6 Å². The smallest absolute Gasteiger partial charge is 0.388 e. The Kier molecular flexibility index (Phi) is 4.70. The summed E-state index contributed by atoms with van der Waals surface area (Å²) in [5, 5.41) is 12.5. The van der Waals surface area contributed by atoms with Gasteiger partial charge in [0.25, 0.3) is 5.91 Å². The highest BCUT2D eigenvalue weighted by Crippen LogP contribution is 2.40. The van der Waals surface area contributed by atoms with Gasteiger partial charge in [0.2, 0.25) is 5.92 Å². The Labute approximate surface area is 151 Å². The molecule has 1 aromatic carbocycles. The van der Waals surface area contributed by atoms with Gasteiger partial charge in [-0.05, 0) is 37.5 Å². The van der Waals surface area contributed by atoms with Crippen molar-refractivity contribution in [2.24, 2.45) is 0 Å². The number of carbonyl (C=O) groups excluding carboxylic acids is 1. The van der Waals surface area contributed by atoms with E-state index in [4.69, 9.17) is 0 Å². The highest BCUT2D eigenvalue weighted by atomic mass is 19.4. The highest BCUT2D eigenvalue weighted by molar-refractivity contribution is 6.02. The fourth-order valence-corrected chi connectivity index (χ4v) is 3.49. The van der Waals surface area contributed by atoms with Crippen molar-refractivity contribution in [1.29, 1.82) is 0 Å². The van der Waals surface area contributed by atoms with Gasteiger partial charge >= 0.3 is 6.18 Å². The number of alkyl halides is 5. The summed E-state index contributed by atoms with van der Waals surface area (Å²) in [6.07, 6.45) is -4.92. The Morgan fingerprint density at radius 1 is 1.26 bits per heavy atom. The van der Waals surface area contributed by atoms with Crippen LogP contribution in [-0.4, -0.2) is 34.1 Å². The van der Waals surface area contributed by atoms with Crippen molar-refractivity contribution < 1.29 is 31.9 Å². The molecule has 0 radical (unpaired) electrons. The van der Waals surface area contributed by atoms with Crippen molar-refractivity contribution in [1.82, 2.24) is 10.3 Å². The average Bonchev–Trinajstić information content (AvgIpc) is 3.04. The van der Waals surface area contributed by atoms with E-state index in [9.17, 15) is 31.9 Å². The monoisotopic (exact) mass is 390 g/mol. The predicted molar refractivity (Wildman–Crippen MR) is 88.7 cm³/mol. The van der Waals surface area contributed by atoms with Crippen LogP contribution in [0.1, 0.15) is 47.2 Å². The van der Waals surface area contributed by atoms with E-state index in [1.54, 1.807) is 6.92 Å². The number of halogens is 5. The van der Waals surface area contributed by atoms with E-state index in [1.165, 1.54) is 12.3 Å². The largest absolute Gasteiger partial charge is 0.417 e. The van der Waals surface area contributed by atoms with Crippen LogP contribution in [0.4, 0.5) is 22.0 Å². The fraction of sp³-hybridized carbons (Fsp3) is 0.500. The van der Waals surface area contributed by atoms with Gasteiger partial charge in [-0.15, -0.1) is 0 Å². The van der Waals surface area contributed by atoms with Crippen LogP contribution < -0.4 is 5.32 Å². The van der Waals surface area contributed by atoms with Crippen LogP contribution >= 0.6 is 0 Å². The molecule has 1 aliphatic carbocycles. The molecular formula is C18H19F5N2O2. The minimum Gasteiger partial charge on any atom is -0.388 e. The number of amides is 1. The first-order chi connectivity index (χ1) is 12.4. The number of H-pyrrole nitrogens is 1. The van der Waals surface area contributed by atoms with Gasteiger partial charge in [-0.1, -0.05) is 0 Å². The fourth-order valence-electron chi connectivity index (χ4n) is 3.49. The second-order valence-electron chi connectivity index (χ2n) is 7.14. The molecule has 1 saturated carbocycles. The Hall–Kier alpha value is -2.16. The van der Waals surface area contributed by atoms with Crippen LogP contribution in [0.5, 0.6) is 0 Å². The van der Waals surface area contributed by atoms with Crippen molar-refractivity contribution in [3.63, 3.8) is 0 Å². The molecule has 1 aromatic heterocycles. The van der Waals surface area contributed by atoms with E-state index in [0.717, 1.165) is 6.07 Å². The lowest BCUT2D eigenvalue weighted by Crippen LogP contribution is -2.47. The molecule has 0 atom stereocenters. The van der Waals surface area contributed by atoms with E-state index in [2.05, 4.69) is 10.3 Å². The van der Waals surface area contributed by atoms with Crippen LogP contribution in [0.3, 0.4) is 0 Å². The topological polar surface area (TPSA) is 65.1 Å². The molecule has 0 unspecified atom stereocenters. The summed E-state index contributed by atoms with van der Waals surface area (Å²) in [5.41, 5.74) is -2.43. The van der Waals surface area contributed by atoms with Crippen molar-refractivity contribution in [2.75, 3.05) is 6.54 Å². The van der Waals surface area contributed by atoms with Crippen LogP contribution in [0.25, 0.3) is 10.9 Å². The second kappa shape index (κ2) is 6.47. The minimum atomic E-state index is -4.76. The average molecular weight is 390 g/mol. The zero-order valence-electron chi connectivity index (χ0n) is 14.5. The molecule has 2 aromatic rings. The van der Waals surface area contributed by atoms with Gasteiger partial charge in [0.15, 0.2) is 0 Å². The molecule has 0 aliphatic heterocycles. The Bertz CT molecular complexity index is 862. The first-order valence-corrected chi connectivity index (χ1v) is 8.48. The molecule has 3 N–H and O–H groups in total. The zero-order valence-corrected chi connectivity index (χ0v) is 14.5. The van der Waals surface area contributed by atoms with Crippen LogP contribution in [-0.2, 0) is 6.18 Å². The zero-order chi connectivity index (χ0) is 20.0. The van der Waals surface area contributed by atoms with E-state index >= 15 is 0 Å². The number of benzene rings is 1. The van der Waals surface area contributed by atoms with E-state index in [-0.39, 0.29) is 30.3 Å². The van der Waals surface area contributed by atoms with Gasteiger partial charge in [0.05, 0.1) is 16.7 Å². The molecule has 0 saturated heterocycles. The van der Waals surface area contributed by atoms with Crippen molar-refractivity contribution >= 4 is 16.8 Å². The third-order valence-corrected chi connectivity index (χ3v) is 5.06. The highest BCUT2D eigenvalue weighted by Gasteiger charge is 2.43. The number of fused-ring (bicyclic) bond motifs is 1. The first-order valence-electron chi connectivity index (χ1n) is 8.48. The maximum Gasteiger partial charge on any atom is 0.417 e. The summed E-state index contributed by atoms with van der Waals surface area (Å²) < 4.78 is 67.2. The molecule has 27 heavy (non-hydrogen) atoms. The number of carbonyl (C=O) groups is 1. The number of nitrogens with one attached hydrogen (secondary N) is 2. The van der Waals surface area contributed by atoms with Crippen molar-refractivity contribution in [3.05, 3.63) is 35.0 Å². The number of hydrogen-bond acceptors (Lipinski definition) is 2. The molecule has 0 bridgehead atoms. The van der Waals surface area contributed by atoms with Gasteiger partial charge in [-0.25, -0.2) is 8.78 Å². The van der Waals surface area contributed by atoms with E-state index in [1.807, 2.05) is 0 Å². The minimum absolute atomic E-state index is 0.122. The van der Waals surface area contributed by atoms with E-state index in [0.29, 0.717) is 5.56 Å². The molecule has 4 nitrogen and oxygen atoms in total. The Morgan fingerprint density at radius 2 is 1.89 bits per heavy atom. The second-order valence-corrected chi connectivity index (χ2v) is 7.14. The lowest BCUT2D eigenvalue weighted by Gasteiger charge is -2.36. The van der Waals surface area contributed by atoms with Gasteiger partial charge < -0.3 is 15.4 Å². The lowest BCUT2D eigenvalue weighted by molar-refractivity contribution is -0.136. The molecule has 148 valence electrons. The van der Waals surface area contributed by atoms with Crippen LogP contribution in [0.15, 0.2) is 18.3 Å². The number of aromatic amines is 1. The Morgan fingerprint density at radius 3 is 2.48 bits per heavy atom. The van der Waals surface area contributed by atoms with Crippen LogP contribution in [0.2, 0.25) is 0 Å². The lowest BCUT2D eigenvalue weighted by atomic mass is 9.82. The molecule has 0 spiro atoms. The molecular weight excluding hydrogens is 371 g/mol. The molecule has 1 aliphatic rings. The van der Waals surface area contributed by atoms with Crippen molar-refractivity contribution in [3.8, 4) is 0 Å². The maximum atomic E-state index is 13.6. The summed E-state index contributed by atoms with van der Waals surface area (Å²) in [4.78, 5) is 15.2. The number of aromatic nitrogens is 1. The number of aliphatic hydroxyl groups is 1. The standard InChI is InChI=1S/C18H19F5N2O2/c1-10-8-12(13(18(21,22)23)11-2-7-24-14(10)11)15(26)25-9-16(27)3-5-17(19,20)6-4-16/h2,7-8,24,27H,3-6,9H2,1H3,(H,25,26). The molecule has 1 amide bonds. The van der Waals surface area contributed by atoms with Crippen LogP contribution in [0, 0.1) is 6.92 Å². The number of aryl methyl sites for hydroxylation is 1. The SMILES string of the molecule is Cc1cc(C(=O)NCC2(O)CCC(F)(F)CC2)c(C(F)(F)F)c2cc[nH]c12. The molecule has 1 heterocycles. The number of rotatable bonds is 3. The molecule has 3 rings (SSSR count). The predicted octanol–water partition coefficient (Wildman–Crippen LogP) is 4.17. The van der Waals surface area contributed by atoms with Crippen molar-refractivity contribution in [2.45, 2.75) is 50.3 Å². The summed E-state index contributed by atoms with van der Waals surface area (Å²) in [7, 11) is 0. The first kappa shape index (κ1) is 19.6. The summed E-state index contributed by atoms with van der Waals surface area (Å²) in [5.74, 6) is -3.87. The molecule has 1 fully saturated rings. The summed E-state index contributed by atoms with van der Waals surface area (Å²) >= 11 is 0. The normalized spacial score (nSPS) is 19.2.